The van der Waals surface area contributed by atoms with Gasteiger partial charge in [-0.3, -0.25) is 4.79 Å². The average Bonchev–Trinajstić information content (AvgIpc) is 1.97. The normalized spacial score (nSPS) is 9.40. The maximum atomic E-state index is 10.7. The van der Waals surface area contributed by atoms with E-state index < -0.39 is 0 Å². The third-order valence-corrected chi connectivity index (χ3v) is 1.18. The van der Waals surface area contributed by atoms with E-state index in [-0.39, 0.29) is 19.1 Å². The second-order valence-electron chi connectivity index (χ2n) is 2.16. The molecule has 0 saturated heterocycles. The minimum atomic E-state index is -0.224. The first-order valence-electron chi connectivity index (χ1n) is 3.66. The Morgan fingerprint density at radius 2 is 2.20 bits per heavy atom. The fourth-order valence-electron chi connectivity index (χ4n) is 0.616. The first kappa shape index (κ1) is 9.43. The Morgan fingerprint density at radius 3 is 2.70 bits per heavy atom. The molecule has 0 aliphatic heterocycles. The van der Waals surface area contributed by atoms with E-state index in [0.29, 0.717) is 6.42 Å². The van der Waals surface area contributed by atoms with Crippen LogP contribution in [0.1, 0.15) is 26.2 Å². The van der Waals surface area contributed by atoms with Gasteiger partial charge in [0.2, 0.25) is 5.91 Å². The second-order valence-corrected chi connectivity index (χ2v) is 2.16. The van der Waals surface area contributed by atoms with Gasteiger partial charge >= 0.3 is 0 Å². The summed E-state index contributed by atoms with van der Waals surface area (Å²) < 4.78 is 0. The van der Waals surface area contributed by atoms with Crippen LogP contribution in [0.4, 0.5) is 0 Å². The smallest absolute Gasteiger partial charge is 0.220 e. The summed E-state index contributed by atoms with van der Waals surface area (Å²) in [5.74, 6) is -0.00213. The molecule has 1 N–H and O–H groups in total. The molecule has 0 bridgehead atoms. The zero-order valence-corrected chi connectivity index (χ0v) is 6.35. The number of rotatable bonds is 5. The van der Waals surface area contributed by atoms with Gasteiger partial charge in [-0.25, -0.2) is 5.11 Å². The maximum absolute atomic E-state index is 10.7. The van der Waals surface area contributed by atoms with Crippen molar-refractivity contribution in [1.29, 1.82) is 0 Å². The molecule has 10 heavy (non-hydrogen) atoms. The van der Waals surface area contributed by atoms with Crippen LogP contribution < -0.4 is 5.32 Å². The van der Waals surface area contributed by atoms with E-state index in [1.165, 1.54) is 0 Å². The highest BCUT2D eigenvalue weighted by Crippen LogP contribution is 1.92. The molecule has 0 aromatic rings. The van der Waals surface area contributed by atoms with E-state index in [0.717, 1.165) is 12.8 Å². The fourth-order valence-corrected chi connectivity index (χ4v) is 0.616. The number of carbonyl (C=O) groups is 1. The average molecular weight is 144 g/mol. The predicted molar refractivity (Wildman–Crippen MR) is 38.1 cm³/mol. The van der Waals surface area contributed by atoms with Crippen molar-refractivity contribution in [3.63, 3.8) is 0 Å². The van der Waals surface area contributed by atoms with Gasteiger partial charge in [0.15, 0.2) is 0 Å². The van der Waals surface area contributed by atoms with Crippen LogP contribution >= 0.6 is 0 Å². The molecule has 3 heteroatoms. The summed E-state index contributed by atoms with van der Waals surface area (Å²) in [5.41, 5.74) is 0. The molecular weight excluding hydrogens is 130 g/mol. The lowest BCUT2D eigenvalue weighted by Gasteiger charge is -1.99. The molecule has 0 heterocycles. The van der Waals surface area contributed by atoms with Gasteiger partial charge in [0, 0.05) is 13.0 Å². The van der Waals surface area contributed by atoms with E-state index in [9.17, 15) is 9.90 Å². The Hall–Kier alpha value is -0.570. The number of amides is 1. The minimum absolute atomic E-state index is 0.00213. The number of hydrogen-bond donors (Lipinski definition) is 1. The molecule has 0 unspecified atom stereocenters. The molecule has 1 amide bonds. The lowest BCUT2D eigenvalue weighted by molar-refractivity contribution is -0.121. The van der Waals surface area contributed by atoms with E-state index in [2.05, 4.69) is 5.32 Å². The molecule has 0 aliphatic rings. The van der Waals surface area contributed by atoms with Crippen molar-refractivity contribution in [3.05, 3.63) is 0 Å². The van der Waals surface area contributed by atoms with Gasteiger partial charge in [0.1, 0.15) is 0 Å². The van der Waals surface area contributed by atoms with E-state index in [1.54, 1.807) is 0 Å². The first-order valence-corrected chi connectivity index (χ1v) is 3.66. The van der Waals surface area contributed by atoms with E-state index in [4.69, 9.17) is 0 Å². The zero-order valence-electron chi connectivity index (χ0n) is 6.35. The molecule has 0 aromatic heterocycles. The van der Waals surface area contributed by atoms with Gasteiger partial charge in [-0.2, -0.15) is 0 Å². The molecule has 0 saturated carbocycles. The van der Waals surface area contributed by atoms with Crippen molar-refractivity contribution in [2.45, 2.75) is 26.2 Å². The standard InChI is InChI=1S/C7H14NO2/c1-2-3-4-7(10)8-5-6-9/h2-6H2,1H3,(H,8,10). The Morgan fingerprint density at radius 1 is 1.50 bits per heavy atom. The molecule has 0 spiro atoms. The molecule has 59 valence electrons. The molecule has 1 radical (unpaired) electrons. The lowest BCUT2D eigenvalue weighted by Crippen LogP contribution is -2.25. The number of unbranched alkanes of at least 4 members (excludes halogenated alkanes) is 1. The van der Waals surface area contributed by atoms with E-state index >= 15 is 0 Å². The zero-order chi connectivity index (χ0) is 7.82. The van der Waals surface area contributed by atoms with Gasteiger partial charge < -0.3 is 5.32 Å². The first-order chi connectivity index (χ1) is 4.81. The molecular formula is C7H14NO2. The van der Waals surface area contributed by atoms with Crippen LogP contribution in [0.5, 0.6) is 0 Å². The highest BCUT2D eigenvalue weighted by Gasteiger charge is 1.96. The van der Waals surface area contributed by atoms with Crippen molar-refractivity contribution >= 4 is 5.91 Å². The summed E-state index contributed by atoms with van der Waals surface area (Å²) in [6.07, 6.45) is 2.48. The fraction of sp³-hybridized carbons (Fsp3) is 0.857. The summed E-state index contributed by atoms with van der Waals surface area (Å²) in [7, 11) is 0. The van der Waals surface area contributed by atoms with Crippen molar-refractivity contribution < 1.29 is 9.90 Å². The van der Waals surface area contributed by atoms with Crippen LogP contribution in [0.15, 0.2) is 0 Å². The van der Waals surface area contributed by atoms with Crippen molar-refractivity contribution in [2.75, 3.05) is 13.2 Å². The Bertz CT molecular complexity index is 83.6. The molecule has 0 rings (SSSR count). The number of nitrogens with one attached hydrogen (secondary N) is 1. The van der Waals surface area contributed by atoms with Crippen LogP contribution in [-0.2, 0) is 9.90 Å². The van der Waals surface area contributed by atoms with Gasteiger partial charge in [0.25, 0.3) is 0 Å². The van der Waals surface area contributed by atoms with Crippen molar-refractivity contribution in [1.82, 2.24) is 5.32 Å². The summed E-state index contributed by atoms with van der Waals surface area (Å²) in [6, 6.07) is 0. The molecule has 0 aliphatic carbocycles. The van der Waals surface area contributed by atoms with Crippen molar-refractivity contribution in [2.24, 2.45) is 0 Å². The summed E-state index contributed by atoms with van der Waals surface area (Å²) in [4.78, 5) is 10.7. The predicted octanol–water partition coefficient (Wildman–Crippen LogP) is 0.723. The highest BCUT2D eigenvalue weighted by atomic mass is 16.3. The van der Waals surface area contributed by atoms with Crippen LogP contribution in [-0.4, -0.2) is 19.1 Å². The third kappa shape index (κ3) is 5.56. The molecule has 0 aromatic carbocycles. The second kappa shape index (κ2) is 6.55. The Labute approximate surface area is 61.4 Å². The number of carbonyl (C=O) groups excluding carboxylic acids is 1. The lowest BCUT2D eigenvalue weighted by atomic mass is 10.2. The molecule has 0 fully saturated rings. The molecule has 0 atom stereocenters. The van der Waals surface area contributed by atoms with Gasteiger partial charge in [-0.05, 0) is 6.42 Å². The van der Waals surface area contributed by atoms with Gasteiger partial charge in [-0.1, -0.05) is 13.3 Å². The minimum Gasteiger partial charge on any atom is -0.354 e. The largest absolute Gasteiger partial charge is 0.354 e. The van der Waals surface area contributed by atoms with Gasteiger partial charge in [0.05, 0.1) is 6.61 Å². The number of hydrogen-bond acceptors (Lipinski definition) is 1. The highest BCUT2D eigenvalue weighted by molar-refractivity contribution is 5.75. The summed E-state index contributed by atoms with van der Waals surface area (Å²) in [6.45, 7) is 2.07. The summed E-state index contributed by atoms with van der Waals surface area (Å²) in [5, 5.41) is 12.4. The SMILES string of the molecule is CCCCC(=O)NCC[O]. The van der Waals surface area contributed by atoms with Crippen LogP contribution in [0.25, 0.3) is 0 Å². The topological polar surface area (TPSA) is 49.0 Å². The molecule has 3 nitrogen and oxygen atoms in total. The third-order valence-electron chi connectivity index (χ3n) is 1.18. The Balaban J connectivity index is 3.09. The maximum Gasteiger partial charge on any atom is 0.220 e. The summed E-state index contributed by atoms with van der Waals surface area (Å²) >= 11 is 0. The Kier molecular flexibility index (Phi) is 6.18. The monoisotopic (exact) mass is 144 g/mol. The van der Waals surface area contributed by atoms with Crippen LogP contribution in [0, 0.1) is 0 Å². The van der Waals surface area contributed by atoms with Crippen molar-refractivity contribution in [3.8, 4) is 0 Å². The van der Waals surface area contributed by atoms with Gasteiger partial charge in [-0.15, -0.1) is 0 Å². The van der Waals surface area contributed by atoms with E-state index in [1.807, 2.05) is 6.92 Å². The van der Waals surface area contributed by atoms with Crippen LogP contribution in [0.2, 0.25) is 0 Å². The quantitative estimate of drug-likeness (QED) is 0.607. The van der Waals surface area contributed by atoms with Crippen LogP contribution in [0.3, 0.4) is 0 Å².